The van der Waals surface area contributed by atoms with Crippen molar-refractivity contribution in [2.75, 3.05) is 18.6 Å². The first kappa shape index (κ1) is 14.5. The molecule has 0 aliphatic carbocycles. The molecule has 1 aliphatic heterocycles. The standard InChI is InChI=1S/C12H12BrFO4S/c1-18-11-5-10(14)9(13)4-8(11)12(15)7-2-3-19(16,17)6-7/h4-5,7H,2-3,6H2,1H3. The van der Waals surface area contributed by atoms with Crippen molar-refractivity contribution >= 4 is 31.6 Å². The summed E-state index contributed by atoms with van der Waals surface area (Å²) >= 11 is 3.01. The molecule has 1 unspecified atom stereocenters. The summed E-state index contributed by atoms with van der Waals surface area (Å²) in [5, 5.41) is 0. The van der Waals surface area contributed by atoms with Gasteiger partial charge in [-0.05, 0) is 28.4 Å². The largest absolute Gasteiger partial charge is 0.496 e. The van der Waals surface area contributed by atoms with Crippen LogP contribution in [0.15, 0.2) is 16.6 Å². The number of rotatable bonds is 3. The second kappa shape index (κ2) is 5.20. The minimum atomic E-state index is -3.13. The molecule has 1 atom stereocenters. The van der Waals surface area contributed by atoms with Crippen molar-refractivity contribution in [3.05, 3.63) is 28.0 Å². The molecule has 4 nitrogen and oxygen atoms in total. The first-order valence-corrected chi connectivity index (χ1v) is 8.23. The molecular weight excluding hydrogens is 339 g/mol. The van der Waals surface area contributed by atoms with Gasteiger partial charge in [0, 0.05) is 12.0 Å². The highest BCUT2D eigenvalue weighted by molar-refractivity contribution is 9.10. The maximum atomic E-state index is 13.4. The molecule has 0 spiro atoms. The van der Waals surface area contributed by atoms with Crippen LogP contribution in [-0.4, -0.2) is 32.8 Å². The van der Waals surface area contributed by atoms with Crippen molar-refractivity contribution in [1.29, 1.82) is 0 Å². The normalized spacial score (nSPS) is 21.3. The molecule has 0 bridgehead atoms. The van der Waals surface area contributed by atoms with Crippen LogP contribution in [0, 0.1) is 11.7 Å². The number of ether oxygens (including phenoxy) is 1. The number of Topliss-reactive ketones (excluding diaryl/α,β-unsaturated/α-hetero) is 1. The number of ketones is 1. The van der Waals surface area contributed by atoms with Crippen molar-refractivity contribution in [1.82, 2.24) is 0 Å². The van der Waals surface area contributed by atoms with Crippen molar-refractivity contribution in [2.45, 2.75) is 6.42 Å². The lowest BCUT2D eigenvalue weighted by atomic mass is 9.96. The minimum absolute atomic E-state index is 0.0219. The zero-order valence-electron chi connectivity index (χ0n) is 10.2. The molecule has 0 radical (unpaired) electrons. The highest BCUT2D eigenvalue weighted by Gasteiger charge is 2.34. The number of hydrogen-bond donors (Lipinski definition) is 0. The van der Waals surface area contributed by atoms with Gasteiger partial charge in [-0.1, -0.05) is 0 Å². The summed E-state index contributed by atoms with van der Waals surface area (Å²) < 4.78 is 41.3. The number of halogens is 2. The first-order valence-electron chi connectivity index (χ1n) is 5.62. The van der Waals surface area contributed by atoms with Crippen LogP contribution in [0.3, 0.4) is 0 Å². The third-order valence-corrected chi connectivity index (χ3v) is 5.49. The quantitative estimate of drug-likeness (QED) is 0.784. The average Bonchev–Trinajstić information content (AvgIpc) is 2.71. The fourth-order valence-electron chi connectivity index (χ4n) is 2.11. The maximum Gasteiger partial charge on any atom is 0.170 e. The predicted molar refractivity (Wildman–Crippen MR) is 71.7 cm³/mol. The van der Waals surface area contributed by atoms with E-state index < -0.39 is 21.6 Å². The lowest BCUT2D eigenvalue weighted by molar-refractivity contribution is 0.0930. The molecule has 2 rings (SSSR count). The lowest BCUT2D eigenvalue weighted by Crippen LogP contribution is -2.17. The molecule has 1 aromatic carbocycles. The molecule has 0 aromatic heterocycles. The summed E-state index contributed by atoms with van der Waals surface area (Å²) in [6, 6.07) is 2.45. The third kappa shape index (κ3) is 2.97. The van der Waals surface area contributed by atoms with Gasteiger partial charge in [-0.3, -0.25) is 4.79 Å². The molecular formula is C12H12BrFO4S. The Kier molecular flexibility index (Phi) is 3.96. The molecule has 0 saturated carbocycles. The topological polar surface area (TPSA) is 60.4 Å². The lowest BCUT2D eigenvalue weighted by Gasteiger charge is -2.12. The van der Waals surface area contributed by atoms with E-state index in [1.165, 1.54) is 13.2 Å². The summed E-state index contributed by atoms with van der Waals surface area (Å²) in [6.45, 7) is 0. The van der Waals surface area contributed by atoms with E-state index >= 15 is 0 Å². The number of benzene rings is 1. The van der Waals surface area contributed by atoms with Crippen LogP contribution in [-0.2, 0) is 9.84 Å². The number of sulfone groups is 1. The van der Waals surface area contributed by atoms with Gasteiger partial charge >= 0.3 is 0 Å². The average molecular weight is 351 g/mol. The van der Waals surface area contributed by atoms with E-state index in [1.54, 1.807) is 0 Å². The molecule has 1 heterocycles. The highest BCUT2D eigenvalue weighted by atomic mass is 79.9. The van der Waals surface area contributed by atoms with Crippen molar-refractivity contribution < 1.29 is 22.3 Å². The molecule has 19 heavy (non-hydrogen) atoms. The van der Waals surface area contributed by atoms with Crippen molar-refractivity contribution in [3.63, 3.8) is 0 Å². The van der Waals surface area contributed by atoms with Crippen LogP contribution in [0.4, 0.5) is 4.39 Å². The maximum absolute atomic E-state index is 13.4. The van der Waals surface area contributed by atoms with E-state index in [9.17, 15) is 17.6 Å². The van der Waals surface area contributed by atoms with Crippen LogP contribution >= 0.6 is 15.9 Å². The molecule has 1 saturated heterocycles. The second-order valence-corrected chi connectivity index (χ2v) is 7.51. The van der Waals surface area contributed by atoms with Crippen LogP contribution in [0.25, 0.3) is 0 Å². The Morgan fingerprint density at radius 1 is 1.47 bits per heavy atom. The van der Waals surface area contributed by atoms with Gasteiger partial charge in [-0.2, -0.15) is 0 Å². The zero-order valence-corrected chi connectivity index (χ0v) is 12.6. The molecule has 104 valence electrons. The fraction of sp³-hybridized carbons (Fsp3) is 0.417. The molecule has 1 aromatic rings. The number of hydrogen-bond acceptors (Lipinski definition) is 4. The summed E-state index contributed by atoms with van der Waals surface area (Å²) in [6.07, 6.45) is 0.305. The summed E-state index contributed by atoms with van der Waals surface area (Å²) in [7, 11) is -1.80. The van der Waals surface area contributed by atoms with Gasteiger partial charge in [0.05, 0.1) is 28.7 Å². The summed E-state index contributed by atoms with van der Waals surface area (Å²) in [4.78, 5) is 12.3. The van der Waals surface area contributed by atoms with E-state index in [1.807, 2.05) is 0 Å². The third-order valence-electron chi connectivity index (χ3n) is 3.11. The van der Waals surface area contributed by atoms with Gasteiger partial charge in [0.15, 0.2) is 15.6 Å². The van der Waals surface area contributed by atoms with Gasteiger partial charge < -0.3 is 4.74 Å². The smallest absolute Gasteiger partial charge is 0.170 e. The van der Waals surface area contributed by atoms with E-state index in [0.717, 1.165) is 6.07 Å². The Morgan fingerprint density at radius 2 is 2.16 bits per heavy atom. The van der Waals surface area contributed by atoms with E-state index in [2.05, 4.69) is 15.9 Å². The van der Waals surface area contributed by atoms with Crippen molar-refractivity contribution in [3.8, 4) is 5.75 Å². The Bertz CT molecular complexity index is 627. The first-order chi connectivity index (χ1) is 8.84. The monoisotopic (exact) mass is 350 g/mol. The van der Waals surface area contributed by atoms with Crippen LogP contribution in [0.2, 0.25) is 0 Å². The molecule has 7 heteroatoms. The number of carbonyl (C=O) groups is 1. The van der Waals surface area contributed by atoms with Gasteiger partial charge in [0.2, 0.25) is 0 Å². The molecule has 0 amide bonds. The van der Waals surface area contributed by atoms with Crippen LogP contribution in [0.1, 0.15) is 16.8 Å². The summed E-state index contributed by atoms with van der Waals surface area (Å²) in [5.74, 6) is -1.43. The summed E-state index contributed by atoms with van der Waals surface area (Å²) in [5.41, 5.74) is 0.206. The number of carbonyl (C=O) groups excluding carboxylic acids is 1. The van der Waals surface area contributed by atoms with E-state index in [0.29, 0.717) is 6.42 Å². The predicted octanol–water partition coefficient (Wildman–Crippen LogP) is 2.21. The Labute approximate surface area is 119 Å². The molecule has 0 N–H and O–H groups in total. The Balaban J connectivity index is 2.37. The molecule has 1 fully saturated rings. The minimum Gasteiger partial charge on any atom is -0.496 e. The van der Waals surface area contributed by atoms with Gasteiger partial charge in [0.25, 0.3) is 0 Å². The van der Waals surface area contributed by atoms with E-state index in [4.69, 9.17) is 4.74 Å². The van der Waals surface area contributed by atoms with E-state index in [-0.39, 0.29) is 33.1 Å². The van der Waals surface area contributed by atoms with Crippen LogP contribution in [0.5, 0.6) is 5.75 Å². The number of methoxy groups -OCH3 is 1. The van der Waals surface area contributed by atoms with Crippen molar-refractivity contribution in [2.24, 2.45) is 5.92 Å². The second-order valence-electron chi connectivity index (χ2n) is 4.43. The zero-order chi connectivity index (χ0) is 14.2. The van der Waals surface area contributed by atoms with Gasteiger partial charge in [0.1, 0.15) is 11.6 Å². The van der Waals surface area contributed by atoms with Gasteiger partial charge in [-0.15, -0.1) is 0 Å². The molecule has 1 aliphatic rings. The fourth-order valence-corrected chi connectivity index (χ4v) is 4.20. The van der Waals surface area contributed by atoms with Gasteiger partial charge in [-0.25, -0.2) is 12.8 Å². The Morgan fingerprint density at radius 3 is 2.68 bits per heavy atom. The van der Waals surface area contributed by atoms with Crippen LogP contribution < -0.4 is 4.74 Å². The SMILES string of the molecule is COc1cc(F)c(Br)cc1C(=O)C1CCS(=O)(=O)C1. The Hall–Kier alpha value is -0.950. The highest BCUT2D eigenvalue weighted by Crippen LogP contribution is 2.31.